The van der Waals surface area contributed by atoms with Crippen LogP contribution < -0.4 is 20.1 Å². The Morgan fingerprint density at radius 3 is 2.62 bits per heavy atom. The highest BCUT2D eigenvalue weighted by Crippen LogP contribution is 2.38. The van der Waals surface area contributed by atoms with Crippen LogP contribution in [0.3, 0.4) is 0 Å². The first-order valence-corrected chi connectivity index (χ1v) is 10.1. The van der Waals surface area contributed by atoms with Crippen molar-refractivity contribution < 1.29 is 19.1 Å². The van der Waals surface area contributed by atoms with E-state index in [2.05, 4.69) is 6.07 Å². The molecule has 1 aliphatic rings. The van der Waals surface area contributed by atoms with Crippen molar-refractivity contribution in [2.24, 2.45) is 5.73 Å². The van der Waals surface area contributed by atoms with Crippen LogP contribution in [0.1, 0.15) is 33.8 Å². The van der Waals surface area contributed by atoms with Crippen LogP contribution in [0.25, 0.3) is 0 Å². The quantitative estimate of drug-likeness (QED) is 0.641. The van der Waals surface area contributed by atoms with Crippen molar-refractivity contribution >= 4 is 17.5 Å². The molecule has 2 amide bonds. The van der Waals surface area contributed by atoms with Gasteiger partial charge in [-0.15, -0.1) is 0 Å². The molecule has 1 fully saturated rings. The number of methoxy groups -OCH3 is 1. The standard InChI is InChI=1S/C25H21N3O4/c1-31-22-10-9-16(12-23(22)32-21-8-3-2-5-18(21)14-26)19-13-24(29)28(15-19)20-7-4-6-17(11-20)25(27)30/h2-12,19H,13,15H2,1H3,(H2,27,30)/t19-/m0/s1. The lowest BCUT2D eigenvalue weighted by Gasteiger charge is -2.18. The summed E-state index contributed by atoms with van der Waals surface area (Å²) in [4.78, 5) is 25.9. The van der Waals surface area contributed by atoms with Gasteiger partial charge in [-0.1, -0.05) is 24.3 Å². The summed E-state index contributed by atoms with van der Waals surface area (Å²) < 4.78 is 11.4. The minimum atomic E-state index is -0.537. The second-order valence-corrected chi connectivity index (χ2v) is 7.44. The number of carbonyl (C=O) groups is 2. The minimum Gasteiger partial charge on any atom is -0.493 e. The van der Waals surface area contributed by atoms with E-state index in [1.54, 1.807) is 66.6 Å². The first-order chi connectivity index (χ1) is 15.5. The third-order valence-corrected chi connectivity index (χ3v) is 5.45. The highest BCUT2D eigenvalue weighted by molar-refractivity contribution is 5.99. The molecule has 2 N–H and O–H groups in total. The summed E-state index contributed by atoms with van der Waals surface area (Å²) in [6.45, 7) is 0.460. The zero-order valence-electron chi connectivity index (χ0n) is 17.4. The Balaban J connectivity index is 1.61. The molecule has 160 valence electrons. The Morgan fingerprint density at radius 2 is 1.88 bits per heavy atom. The Hall–Kier alpha value is -4.31. The number of carbonyl (C=O) groups excluding carboxylic acids is 2. The van der Waals surface area contributed by atoms with Crippen molar-refractivity contribution in [3.63, 3.8) is 0 Å². The lowest BCUT2D eigenvalue weighted by molar-refractivity contribution is -0.117. The van der Waals surface area contributed by atoms with Gasteiger partial charge in [-0.2, -0.15) is 5.26 Å². The largest absolute Gasteiger partial charge is 0.493 e. The lowest BCUT2D eigenvalue weighted by atomic mass is 9.98. The number of hydrogen-bond acceptors (Lipinski definition) is 5. The van der Waals surface area contributed by atoms with Crippen LogP contribution in [0.15, 0.2) is 66.7 Å². The molecule has 0 unspecified atom stereocenters. The van der Waals surface area contributed by atoms with E-state index in [9.17, 15) is 14.9 Å². The van der Waals surface area contributed by atoms with Gasteiger partial charge >= 0.3 is 0 Å². The number of hydrogen-bond donors (Lipinski definition) is 1. The monoisotopic (exact) mass is 427 g/mol. The number of primary amides is 1. The average Bonchev–Trinajstić information content (AvgIpc) is 3.21. The summed E-state index contributed by atoms with van der Waals surface area (Å²) in [7, 11) is 1.55. The van der Waals surface area contributed by atoms with Crippen molar-refractivity contribution in [2.45, 2.75) is 12.3 Å². The molecule has 3 aromatic carbocycles. The Bertz CT molecular complexity index is 1230. The van der Waals surface area contributed by atoms with Gasteiger partial charge in [-0.3, -0.25) is 9.59 Å². The van der Waals surface area contributed by atoms with E-state index in [-0.39, 0.29) is 11.8 Å². The van der Waals surface area contributed by atoms with E-state index in [0.717, 1.165) is 5.56 Å². The van der Waals surface area contributed by atoms with Crippen molar-refractivity contribution in [3.8, 4) is 23.3 Å². The Labute approximate surface area is 185 Å². The third kappa shape index (κ3) is 4.12. The van der Waals surface area contributed by atoms with E-state index in [1.807, 2.05) is 12.1 Å². The van der Waals surface area contributed by atoms with Crippen molar-refractivity contribution in [3.05, 3.63) is 83.4 Å². The molecule has 0 aromatic heterocycles. The van der Waals surface area contributed by atoms with E-state index in [4.69, 9.17) is 15.2 Å². The summed E-state index contributed by atoms with van der Waals surface area (Å²) in [5, 5.41) is 9.34. The molecule has 1 heterocycles. The molecule has 7 heteroatoms. The minimum absolute atomic E-state index is 0.0373. The molecule has 0 saturated carbocycles. The topological polar surface area (TPSA) is 106 Å². The molecule has 7 nitrogen and oxygen atoms in total. The van der Waals surface area contributed by atoms with Gasteiger partial charge in [-0.05, 0) is 48.0 Å². The zero-order chi connectivity index (χ0) is 22.7. The molecular formula is C25H21N3O4. The lowest BCUT2D eigenvalue weighted by Crippen LogP contribution is -2.24. The maximum atomic E-state index is 12.7. The smallest absolute Gasteiger partial charge is 0.248 e. The van der Waals surface area contributed by atoms with E-state index >= 15 is 0 Å². The van der Waals surface area contributed by atoms with Crippen LogP contribution in [0.5, 0.6) is 17.2 Å². The number of nitrogens with two attached hydrogens (primary N) is 1. The zero-order valence-corrected chi connectivity index (χ0v) is 17.4. The van der Waals surface area contributed by atoms with Gasteiger partial charge < -0.3 is 20.1 Å². The summed E-state index contributed by atoms with van der Waals surface area (Å²) in [6, 6.07) is 21.4. The summed E-state index contributed by atoms with van der Waals surface area (Å²) in [5.74, 6) is 0.776. The fourth-order valence-corrected chi connectivity index (χ4v) is 3.80. The van der Waals surface area contributed by atoms with Gasteiger partial charge in [0.1, 0.15) is 11.8 Å². The first-order valence-electron chi connectivity index (χ1n) is 10.1. The number of anilines is 1. The van der Waals surface area contributed by atoms with E-state index in [1.165, 1.54) is 0 Å². The van der Waals surface area contributed by atoms with Gasteiger partial charge in [0.2, 0.25) is 11.8 Å². The van der Waals surface area contributed by atoms with Crippen LogP contribution >= 0.6 is 0 Å². The van der Waals surface area contributed by atoms with Crippen LogP contribution in [-0.2, 0) is 4.79 Å². The number of nitrogens with zero attached hydrogens (tertiary/aromatic N) is 2. The first kappa shape index (κ1) is 20.9. The van der Waals surface area contributed by atoms with Crippen LogP contribution in [0, 0.1) is 11.3 Å². The second-order valence-electron chi connectivity index (χ2n) is 7.44. The molecule has 0 spiro atoms. The van der Waals surface area contributed by atoms with Crippen molar-refractivity contribution in [2.75, 3.05) is 18.6 Å². The van der Waals surface area contributed by atoms with Crippen LogP contribution in [0.4, 0.5) is 5.69 Å². The van der Waals surface area contributed by atoms with Gasteiger partial charge in [0.15, 0.2) is 11.5 Å². The number of rotatable bonds is 6. The predicted molar refractivity (Wildman–Crippen MR) is 119 cm³/mol. The molecule has 0 radical (unpaired) electrons. The van der Waals surface area contributed by atoms with Gasteiger partial charge in [0.05, 0.1) is 12.7 Å². The molecule has 1 atom stereocenters. The van der Waals surface area contributed by atoms with Gasteiger partial charge in [0.25, 0.3) is 0 Å². The molecule has 1 saturated heterocycles. The Kier molecular flexibility index (Phi) is 5.77. The fraction of sp³-hybridized carbons (Fsp3) is 0.160. The second kappa shape index (κ2) is 8.82. The van der Waals surface area contributed by atoms with Gasteiger partial charge in [-0.25, -0.2) is 0 Å². The molecule has 1 aliphatic heterocycles. The highest BCUT2D eigenvalue weighted by atomic mass is 16.5. The molecule has 32 heavy (non-hydrogen) atoms. The summed E-state index contributed by atoms with van der Waals surface area (Å²) in [5.41, 5.74) is 7.70. The number of benzene rings is 3. The van der Waals surface area contributed by atoms with E-state index in [0.29, 0.717) is 47.0 Å². The van der Waals surface area contributed by atoms with Crippen molar-refractivity contribution in [1.29, 1.82) is 5.26 Å². The molecular weight excluding hydrogens is 406 g/mol. The van der Waals surface area contributed by atoms with Gasteiger partial charge in [0, 0.05) is 30.1 Å². The Morgan fingerprint density at radius 1 is 1.06 bits per heavy atom. The summed E-state index contributed by atoms with van der Waals surface area (Å²) >= 11 is 0. The number of para-hydroxylation sites is 1. The predicted octanol–water partition coefficient (Wildman–Crippen LogP) is 3.98. The van der Waals surface area contributed by atoms with Crippen molar-refractivity contribution in [1.82, 2.24) is 0 Å². The number of nitriles is 1. The highest BCUT2D eigenvalue weighted by Gasteiger charge is 2.32. The average molecular weight is 427 g/mol. The van der Waals surface area contributed by atoms with E-state index < -0.39 is 5.91 Å². The molecule has 0 bridgehead atoms. The third-order valence-electron chi connectivity index (χ3n) is 5.45. The maximum absolute atomic E-state index is 12.7. The molecule has 3 aromatic rings. The van der Waals surface area contributed by atoms with Crippen LogP contribution in [-0.4, -0.2) is 25.5 Å². The maximum Gasteiger partial charge on any atom is 0.248 e. The van der Waals surface area contributed by atoms with Crippen LogP contribution in [0.2, 0.25) is 0 Å². The molecule has 4 rings (SSSR count). The number of amides is 2. The summed E-state index contributed by atoms with van der Waals surface area (Å²) in [6.07, 6.45) is 0.321. The fourth-order valence-electron chi connectivity index (χ4n) is 3.80. The molecule has 0 aliphatic carbocycles. The normalized spacial score (nSPS) is 15.3. The SMILES string of the molecule is COc1ccc([C@H]2CC(=O)N(c3cccc(C(N)=O)c3)C2)cc1Oc1ccccc1C#N. The number of ether oxygens (including phenoxy) is 2.